The molecule has 8 heteroatoms. The van der Waals surface area contributed by atoms with Crippen LogP contribution in [0.5, 0.6) is 0 Å². The summed E-state index contributed by atoms with van der Waals surface area (Å²) in [5, 5.41) is 24.2. The van der Waals surface area contributed by atoms with Gasteiger partial charge in [-0.2, -0.15) is 8.42 Å². The Kier molecular flexibility index (Phi) is 6.98. The topological polar surface area (TPSA) is 124 Å². The molecule has 1 amide bonds. The number of aliphatic hydroxyl groups excluding tert-OH is 2. The minimum Gasteiger partial charge on any atom is -0.393 e. The minimum atomic E-state index is -4.08. The van der Waals surface area contributed by atoms with Crippen molar-refractivity contribution in [1.82, 2.24) is 5.32 Å². The van der Waals surface area contributed by atoms with E-state index in [0.29, 0.717) is 36.0 Å². The summed E-state index contributed by atoms with van der Waals surface area (Å²) >= 11 is 0. The van der Waals surface area contributed by atoms with Crippen LogP contribution in [0.2, 0.25) is 0 Å². The molecule has 4 aliphatic rings. The average Bonchev–Trinajstić information content (AvgIpc) is 3.05. The lowest BCUT2D eigenvalue weighted by molar-refractivity contribution is -0.174. The second-order valence-electron chi connectivity index (χ2n) is 12.3. The Morgan fingerprint density at radius 3 is 2.39 bits per heavy atom. The monoisotopic (exact) mass is 485 g/mol. The SMILES string of the molecule is C[C@H](CC(=O)NCCS(=O)(=O)O)[C@H]1CC[C@H]2[C@@H]3[C@@H](O)C[C@@H]4C[C@H](O)CC[C@]4(C)[C@H]3CC[C@]12C. The van der Waals surface area contributed by atoms with Crippen LogP contribution in [0.3, 0.4) is 0 Å². The predicted octanol–water partition coefficient (Wildman–Crippen LogP) is 3.01. The Labute approximate surface area is 198 Å². The molecule has 4 aliphatic carbocycles. The third kappa shape index (κ3) is 4.74. The molecule has 4 saturated carbocycles. The van der Waals surface area contributed by atoms with E-state index >= 15 is 0 Å². The zero-order valence-corrected chi connectivity index (χ0v) is 21.2. The maximum atomic E-state index is 12.4. The number of fused-ring (bicyclic) bond motifs is 5. The van der Waals surface area contributed by atoms with E-state index in [2.05, 4.69) is 26.1 Å². The van der Waals surface area contributed by atoms with Crippen LogP contribution in [-0.2, 0) is 14.9 Å². The number of nitrogens with one attached hydrogen (secondary N) is 1. The molecule has 0 aliphatic heterocycles. The van der Waals surface area contributed by atoms with Gasteiger partial charge in [0.2, 0.25) is 5.91 Å². The fraction of sp³-hybridized carbons (Fsp3) is 0.960. The molecule has 4 fully saturated rings. The van der Waals surface area contributed by atoms with Crippen molar-refractivity contribution in [2.75, 3.05) is 12.3 Å². The molecular weight excluding hydrogens is 442 g/mol. The first-order valence-electron chi connectivity index (χ1n) is 12.9. The Bertz CT molecular complexity index is 848. The summed E-state index contributed by atoms with van der Waals surface area (Å²) < 4.78 is 30.6. The van der Waals surface area contributed by atoms with Gasteiger partial charge in [-0.05, 0) is 97.7 Å². The van der Waals surface area contributed by atoms with Crippen LogP contribution in [0.4, 0.5) is 0 Å². The van der Waals surface area contributed by atoms with E-state index in [1.54, 1.807) is 0 Å². The van der Waals surface area contributed by atoms with E-state index in [9.17, 15) is 23.4 Å². The summed E-state index contributed by atoms with van der Waals surface area (Å²) in [5.74, 6) is 1.64. The molecule has 0 heterocycles. The van der Waals surface area contributed by atoms with Crippen LogP contribution in [-0.4, -0.2) is 53.6 Å². The first kappa shape index (κ1) is 25.4. The molecule has 0 spiro atoms. The maximum absolute atomic E-state index is 12.4. The molecule has 0 aromatic rings. The maximum Gasteiger partial charge on any atom is 0.266 e. The van der Waals surface area contributed by atoms with Gasteiger partial charge in [0.25, 0.3) is 10.1 Å². The predicted molar refractivity (Wildman–Crippen MR) is 126 cm³/mol. The molecule has 4 rings (SSSR count). The van der Waals surface area contributed by atoms with Crippen molar-refractivity contribution in [1.29, 1.82) is 0 Å². The van der Waals surface area contributed by atoms with Crippen molar-refractivity contribution >= 4 is 16.0 Å². The van der Waals surface area contributed by atoms with Gasteiger partial charge < -0.3 is 15.5 Å². The average molecular weight is 486 g/mol. The quantitative estimate of drug-likeness (QED) is 0.429. The molecule has 7 nitrogen and oxygen atoms in total. The summed E-state index contributed by atoms with van der Waals surface area (Å²) in [4.78, 5) is 12.4. The van der Waals surface area contributed by atoms with Crippen molar-refractivity contribution in [2.45, 2.75) is 90.8 Å². The van der Waals surface area contributed by atoms with Gasteiger partial charge in [-0.1, -0.05) is 20.8 Å². The molecule has 0 bridgehead atoms. The highest BCUT2D eigenvalue weighted by Gasteiger charge is 2.62. The number of aliphatic hydroxyl groups is 2. The number of amides is 1. The van der Waals surface area contributed by atoms with Gasteiger partial charge >= 0.3 is 0 Å². The second-order valence-corrected chi connectivity index (χ2v) is 13.8. The van der Waals surface area contributed by atoms with Crippen LogP contribution in [0, 0.1) is 46.3 Å². The smallest absolute Gasteiger partial charge is 0.266 e. The zero-order valence-electron chi connectivity index (χ0n) is 20.4. The first-order chi connectivity index (χ1) is 15.3. The molecule has 10 atom stereocenters. The molecule has 0 saturated heterocycles. The van der Waals surface area contributed by atoms with E-state index < -0.39 is 15.9 Å². The largest absolute Gasteiger partial charge is 0.393 e. The van der Waals surface area contributed by atoms with E-state index in [0.717, 1.165) is 51.4 Å². The Morgan fingerprint density at radius 2 is 1.70 bits per heavy atom. The summed E-state index contributed by atoms with van der Waals surface area (Å²) in [5.41, 5.74) is 0.314. The number of hydrogen-bond acceptors (Lipinski definition) is 5. The molecule has 0 aromatic carbocycles. The lowest BCUT2D eigenvalue weighted by Crippen LogP contribution is -2.58. The minimum absolute atomic E-state index is 0.0701. The standard InChI is InChI=1S/C25H43NO6S/c1-15(12-22(29)26-10-11-33(30,31)32)18-4-5-19-23-20(7-9-25(18,19)3)24(2)8-6-17(27)13-16(24)14-21(23)28/h15-21,23,27-28H,4-14H2,1-3H3,(H,26,29)(H,30,31,32)/t15-,16+,17-,18-,19+,20+,21+,23+,24+,25-/m1/s1. The lowest BCUT2D eigenvalue weighted by atomic mass is 9.43. The third-order valence-corrected chi connectivity index (χ3v) is 11.3. The van der Waals surface area contributed by atoms with Gasteiger partial charge in [0.15, 0.2) is 0 Å². The van der Waals surface area contributed by atoms with Crippen LogP contribution < -0.4 is 5.32 Å². The van der Waals surface area contributed by atoms with Crippen LogP contribution in [0.15, 0.2) is 0 Å². The van der Waals surface area contributed by atoms with Crippen molar-refractivity contribution in [3.8, 4) is 0 Å². The molecule has 0 unspecified atom stereocenters. The highest BCUT2D eigenvalue weighted by Crippen LogP contribution is 2.68. The molecule has 0 aromatic heterocycles. The summed E-state index contributed by atoms with van der Waals surface area (Å²) in [6, 6.07) is 0. The van der Waals surface area contributed by atoms with Crippen molar-refractivity contribution in [2.24, 2.45) is 46.3 Å². The van der Waals surface area contributed by atoms with E-state index in [1.165, 1.54) is 0 Å². The Morgan fingerprint density at radius 1 is 1.03 bits per heavy atom. The number of carbonyl (C=O) groups is 1. The van der Waals surface area contributed by atoms with Crippen molar-refractivity contribution < 1.29 is 28.0 Å². The Balaban J connectivity index is 1.44. The van der Waals surface area contributed by atoms with Gasteiger partial charge in [0.1, 0.15) is 0 Å². The number of rotatable bonds is 6. The van der Waals surface area contributed by atoms with Crippen molar-refractivity contribution in [3.63, 3.8) is 0 Å². The second kappa shape index (κ2) is 9.07. The van der Waals surface area contributed by atoms with E-state index in [1.807, 2.05) is 0 Å². The van der Waals surface area contributed by atoms with Crippen LogP contribution >= 0.6 is 0 Å². The van der Waals surface area contributed by atoms with E-state index in [-0.39, 0.29) is 41.4 Å². The highest BCUT2D eigenvalue weighted by molar-refractivity contribution is 7.85. The molecule has 0 radical (unpaired) electrons. The lowest BCUT2D eigenvalue weighted by Gasteiger charge is -2.62. The number of carbonyl (C=O) groups excluding carboxylic acids is 1. The first-order valence-corrected chi connectivity index (χ1v) is 14.5. The zero-order chi connectivity index (χ0) is 24.2. The van der Waals surface area contributed by atoms with Crippen LogP contribution in [0.1, 0.15) is 78.6 Å². The summed E-state index contributed by atoms with van der Waals surface area (Å²) in [6.45, 7) is 6.86. The molecule has 190 valence electrons. The molecular formula is C25H43NO6S. The fourth-order valence-corrected chi connectivity index (χ4v) is 9.36. The molecule has 4 N–H and O–H groups in total. The summed E-state index contributed by atoms with van der Waals surface area (Å²) in [7, 11) is -4.08. The van der Waals surface area contributed by atoms with E-state index in [4.69, 9.17) is 4.55 Å². The van der Waals surface area contributed by atoms with Gasteiger partial charge in [-0.3, -0.25) is 9.35 Å². The van der Waals surface area contributed by atoms with Gasteiger partial charge in [0.05, 0.1) is 18.0 Å². The Hall–Kier alpha value is -0.700. The summed E-state index contributed by atoms with van der Waals surface area (Å²) in [6.07, 6.45) is 7.78. The van der Waals surface area contributed by atoms with Gasteiger partial charge in [0, 0.05) is 13.0 Å². The van der Waals surface area contributed by atoms with Crippen LogP contribution in [0.25, 0.3) is 0 Å². The van der Waals surface area contributed by atoms with Gasteiger partial charge in [-0.25, -0.2) is 0 Å². The highest BCUT2D eigenvalue weighted by atomic mass is 32.2. The van der Waals surface area contributed by atoms with Gasteiger partial charge in [-0.15, -0.1) is 0 Å². The number of hydrogen-bond donors (Lipinski definition) is 4. The third-order valence-electron chi connectivity index (χ3n) is 10.6. The van der Waals surface area contributed by atoms with Crippen molar-refractivity contribution in [3.05, 3.63) is 0 Å². The normalized spacial score (nSPS) is 46.1. The molecule has 33 heavy (non-hydrogen) atoms. The fourth-order valence-electron chi connectivity index (χ4n) is 9.00.